The topological polar surface area (TPSA) is 35.2 Å². The normalized spacial score (nSPS) is 13.7. The molecule has 0 aromatic heterocycles. The Hall–Kier alpha value is -1.02. The van der Waals surface area contributed by atoms with Crippen LogP contribution in [0.3, 0.4) is 0 Å². The van der Waals surface area contributed by atoms with E-state index in [1.54, 1.807) is 0 Å². The second-order valence-electron chi connectivity index (χ2n) is 6.35. The number of nitrogens with two attached hydrogens (primary N) is 1. The van der Waals surface area contributed by atoms with Gasteiger partial charge in [0.2, 0.25) is 0 Å². The number of hydrogen-bond donors (Lipinski definition) is 1. The standard InChI is InChI=1S/C16H27NO/c1-12(2)10-14(11-17)13-6-8-15(9-7-13)18-16(3,4)5/h6-9,12,14H,10-11,17H2,1-5H3. The second kappa shape index (κ2) is 6.24. The maximum Gasteiger partial charge on any atom is 0.120 e. The number of ether oxygens (including phenoxy) is 1. The van der Waals surface area contributed by atoms with Crippen molar-refractivity contribution in [1.29, 1.82) is 0 Å². The molecule has 0 heterocycles. The van der Waals surface area contributed by atoms with Crippen LogP contribution >= 0.6 is 0 Å². The monoisotopic (exact) mass is 249 g/mol. The molecule has 1 aromatic rings. The van der Waals surface area contributed by atoms with Crippen molar-refractivity contribution in [3.8, 4) is 5.75 Å². The third-order valence-electron chi connectivity index (χ3n) is 2.82. The quantitative estimate of drug-likeness (QED) is 0.857. The van der Waals surface area contributed by atoms with E-state index < -0.39 is 0 Å². The molecule has 0 bridgehead atoms. The first kappa shape index (κ1) is 15.0. The SMILES string of the molecule is CC(C)CC(CN)c1ccc(OC(C)(C)C)cc1. The van der Waals surface area contributed by atoms with Crippen molar-refractivity contribution < 1.29 is 4.74 Å². The van der Waals surface area contributed by atoms with Gasteiger partial charge in [0.25, 0.3) is 0 Å². The zero-order valence-corrected chi connectivity index (χ0v) is 12.4. The van der Waals surface area contributed by atoms with E-state index >= 15 is 0 Å². The molecule has 2 N–H and O–H groups in total. The summed E-state index contributed by atoms with van der Waals surface area (Å²) in [6.45, 7) is 11.4. The molecule has 18 heavy (non-hydrogen) atoms. The maximum atomic E-state index is 5.86. The van der Waals surface area contributed by atoms with Gasteiger partial charge in [-0.2, -0.15) is 0 Å². The molecule has 0 fully saturated rings. The minimum Gasteiger partial charge on any atom is -0.488 e. The van der Waals surface area contributed by atoms with Crippen LogP contribution in [0.25, 0.3) is 0 Å². The largest absolute Gasteiger partial charge is 0.488 e. The molecule has 2 nitrogen and oxygen atoms in total. The van der Waals surface area contributed by atoms with E-state index in [9.17, 15) is 0 Å². The van der Waals surface area contributed by atoms with E-state index in [1.807, 2.05) is 12.1 Å². The predicted molar refractivity (Wildman–Crippen MR) is 78.1 cm³/mol. The van der Waals surface area contributed by atoms with Gasteiger partial charge in [-0.3, -0.25) is 0 Å². The molecule has 0 aliphatic carbocycles. The van der Waals surface area contributed by atoms with Crippen LogP contribution in [0.2, 0.25) is 0 Å². The van der Waals surface area contributed by atoms with Gasteiger partial charge in [-0.25, -0.2) is 0 Å². The van der Waals surface area contributed by atoms with E-state index in [-0.39, 0.29) is 5.60 Å². The average molecular weight is 249 g/mol. The zero-order chi connectivity index (χ0) is 13.8. The molecule has 0 amide bonds. The van der Waals surface area contributed by atoms with Gasteiger partial charge >= 0.3 is 0 Å². The van der Waals surface area contributed by atoms with Crippen LogP contribution < -0.4 is 10.5 Å². The van der Waals surface area contributed by atoms with Gasteiger partial charge in [0.05, 0.1) is 0 Å². The van der Waals surface area contributed by atoms with E-state index in [1.165, 1.54) is 5.56 Å². The minimum atomic E-state index is -0.146. The molecule has 0 radical (unpaired) electrons. The van der Waals surface area contributed by atoms with Crippen LogP contribution in [0.15, 0.2) is 24.3 Å². The molecule has 1 unspecified atom stereocenters. The fraction of sp³-hybridized carbons (Fsp3) is 0.625. The lowest BCUT2D eigenvalue weighted by Crippen LogP contribution is -2.23. The summed E-state index contributed by atoms with van der Waals surface area (Å²) >= 11 is 0. The summed E-state index contributed by atoms with van der Waals surface area (Å²) in [7, 11) is 0. The molecule has 2 heteroatoms. The smallest absolute Gasteiger partial charge is 0.120 e. The molecule has 1 atom stereocenters. The zero-order valence-electron chi connectivity index (χ0n) is 12.4. The second-order valence-corrected chi connectivity index (χ2v) is 6.35. The minimum absolute atomic E-state index is 0.146. The Bertz CT molecular complexity index is 348. The highest BCUT2D eigenvalue weighted by atomic mass is 16.5. The molecule has 0 spiro atoms. The lowest BCUT2D eigenvalue weighted by Gasteiger charge is -2.22. The third-order valence-corrected chi connectivity index (χ3v) is 2.82. The first-order valence-electron chi connectivity index (χ1n) is 6.81. The summed E-state index contributed by atoms with van der Waals surface area (Å²) in [6.07, 6.45) is 1.13. The lowest BCUT2D eigenvalue weighted by atomic mass is 9.90. The van der Waals surface area contributed by atoms with Crippen LogP contribution in [0.5, 0.6) is 5.75 Å². The first-order chi connectivity index (χ1) is 8.31. The fourth-order valence-electron chi connectivity index (χ4n) is 2.10. The highest BCUT2D eigenvalue weighted by molar-refractivity contribution is 5.30. The summed E-state index contributed by atoms with van der Waals surface area (Å²) in [5.74, 6) is 2.05. The van der Waals surface area contributed by atoms with Gasteiger partial charge in [-0.15, -0.1) is 0 Å². The lowest BCUT2D eigenvalue weighted by molar-refractivity contribution is 0.131. The molecule has 0 saturated carbocycles. The van der Waals surface area contributed by atoms with E-state index in [4.69, 9.17) is 10.5 Å². The first-order valence-corrected chi connectivity index (χ1v) is 6.81. The predicted octanol–water partition coefficient (Wildman–Crippen LogP) is 3.95. The van der Waals surface area contributed by atoms with Gasteiger partial charge in [-0.05, 0) is 63.3 Å². The van der Waals surface area contributed by atoms with E-state index in [0.717, 1.165) is 12.2 Å². The fourth-order valence-corrected chi connectivity index (χ4v) is 2.10. The van der Waals surface area contributed by atoms with Crippen molar-refractivity contribution in [2.75, 3.05) is 6.54 Å². The third kappa shape index (κ3) is 5.09. The molecule has 0 aliphatic rings. The van der Waals surface area contributed by atoms with Crippen LogP contribution in [-0.4, -0.2) is 12.1 Å². The van der Waals surface area contributed by atoms with Gasteiger partial charge < -0.3 is 10.5 Å². The van der Waals surface area contributed by atoms with E-state index in [2.05, 4.69) is 46.8 Å². The van der Waals surface area contributed by atoms with Crippen molar-refractivity contribution in [1.82, 2.24) is 0 Å². The summed E-state index contributed by atoms with van der Waals surface area (Å²) in [5.41, 5.74) is 7.03. The molecule has 1 rings (SSSR count). The van der Waals surface area contributed by atoms with Crippen molar-refractivity contribution >= 4 is 0 Å². The van der Waals surface area contributed by atoms with Crippen LogP contribution in [0.4, 0.5) is 0 Å². The van der Waals surface area contributed by atoms with E-state index in [0.29, 0.717) is 18.4 Å². The van der Waals surface area contributed by atoms with Crippen molar-refractivity contribution in [3.05, 3.63) is 29.8 Å². The number of rotatable bonds is 5. The van der Waals surface area contributed by atoms with Crippen LogP contribution in [0, 0.1) is 5.92 Å². The van der Waals surface area contributed by atoms with Gasteiger partial charge in [-0.1, -0.05) is 26.0 Å². The summed E-state index contributed by atoms with van der Waals surface area (Å²) in [4.78, 5) is 0. The Morgan fingerprint density at radius 1 is 1.11 bits per heavy atom. The summed E-state index contributed by atoms with van der Waals surface area (Å²) in [5, 5.41) is 0. The molecular weight excluding hydrogens is 222 g/mol. The molecule has 0 aliphatic heterocycles. The molecule has 1 aromatic carbocycles. The number of hydrogen-bond acceptors (Lipinski definition) is 2. The van der Waals surface area contributed by atoms with Crippen molar-refractivity contribution in [2.45, 2.75) is 52.6 Å². The molecule has 102 valence electrons. The Kier molecular flexibility index (Phi) is 5.21. The van der Waals surface area contributed by atoms with Crippen LogP contribution in [0.1, 0.15) is 52.5 Å². The molecule has 0 saturated heterocycles. The van der Waals surface area contributed by atoms with Crippen molar-refractivity contribution in [3.63, 3.8) is 0 Å². The Morgan fingerprint density at radius 3 is 2.06 bits per heavy atom. The highest BCUT2D eigenvalue weighted by Gasteiger charge is 2.14. The van der Waals surface area contributed by atoms with Crippen molar-refractivity contribution in [2.24, 2.45) is 11.7 Å². The number of benzene rings is 1. The Labute approximate surface area is 112 Å². The van der Waals surface area contributed by atoms with Crippen LogP contribution in [-0.2, 0) is 0 Å². The summed E-state index contributed by atoms with van der Waals surface area (Å²) < 4.78 is 5.82. The van der Waals surface area contributed by atoms with Gasteiger partial charge in [0.1, 0.15) is 11.4 Å². The van der Waals surface area contributed by atoms with Gasteiger partial charge in [0.15, 0.2) is 0 Å². The summed E-state index contributed by atoms with van der Waals surface area (Å²) in [6, 6.07) is 8.37. The molecular formula is C16H27NO. The van der Waals surface area contributed by atoms with Gasteiger partial charge in [0, 0.05) is 0 Å². The highest BCUT2D eigenvalue weighted by Crippen LogP contribution is 2.26. The maximum absolute atomic E-state index is 5.86. The Balaban J connectivity index is 2.74. The Morgan fingerprint density at radius 2 is 1.67 bits per heavy atom. The average Bonchev–Trinajstić information content (AvgIpc) is 2.24.